The summed E-state index contributed by atoms with van der Waals surface area (Å²) in [5.74, 6) is 1.79. The van der Waals surface area contributed by atoms with E-state index in [0.29, 0.717) is 5.75 Å². The van der Waals surface area contributed by atoms with Gasteiger partial charge in [-0.25, -0.2) is 0 Å². The van der Waals surface area contributed by atoms with Crippen LogP contribution in [-0.4, -0.2) is 11.1 Å². The number of rotatable bonds is 5. The molecular formula is C16H17I2NO2. The lowest BCUT2D eigenvalue weighted by Crippen LogP contribution is -2.21. The largest absolute Gasteiger partial charge is 0.508 e. The quantitative estimate of drug-likeness (QED) is 0.577. The lowest BCUT2D eigenvalue weighted by molar-refractivity contribution is 0.461. The minimum Gasteiger partial charge on any atom is -0.508 e. The van der Waals surface area contributed by atoms with Crippen molar-refractivity contribution in [3.05, 3.63) is 49.1 Å². The second-order valence-corrected chi connectivity index (χ2v) is 7.18. The highest BCUT2D eigenvalue weighted by atomic mass is 127. The number of nitrogens with two attached hydrogens (primary N) is 1. The maximum Gasteiger partial charge on any atom is 0.154 e. The summed E-state index contributed by atoms with van der Waals surface area (Å²) in [5.41, 5.74) is 7.25. The second-order valence-electron chi connectivity index (χ2n) is 4.86. The molecule has 2 aromatic rings. The third-order valence-electron chi connectivity index (χ3n) is 3.14. The Labute approximate surface area is 152 Å². The first kappa shape index (κ1) is 16.8. The van der Waals surface area contributed by atoms with Gasteiger partial charge in [0.2, 0.25) is 0 Å². The Kier molecular flexibility index (Phi) is 6.12. The van der Waals surface area contributed by atoms with Crippen LogP contribution < -0.4 is 10.5 Å². The fraction of sp³-hybridized carbons (Fsp3) is 0.250. The molecule has 0 bridgehead atoms. The van der Waals surface area contributed by atoms with Crippen molar-refractivity contribution in [3.8, 4) is 17.2 Å². The number of phenols is 1. The Morgan fingerprint density at radius 1 is 1.14 bits per heavy atom. The molecule has 21 heavy (non-hydrogen) atoms. The molecule has 0 amide bonds. The van der Waals surface area contributed by atoms with Gasteiger partial charge in [-0.2, -0.15) is 0 Å². The highest BCUT2D eigenvalue weighted by Gasteiger charge is 2.11. The summed E-state index contributed by atoms with van der Waals surface area (Å²) in [6.45, 7) is 2.10. The highest BCUT2D eigenvalue weighted by Crippen LogP contribution is 2.33. The first-order chi connectivity index (χ1) is 9.99. The summed E-state index contributed by atoms with van der Waals surface area (Å²) in [4.78, 5) is 0. The Balaban J connectivity index is 2.22. The van der Waals surface area contributed by atoms with Gasteiger partial charge in [-0.05, 0) is 100.0 Å². The van der Waals surface area contributed by atoms with Crippen molar-refractivity contribution in [2.75, 3.05) is 0 Å². The second kappa shape index (κ2) is 7.64. The van der Waals surface area contributed by atoms with Crippen molar-refractivity contribution in [1.29, 1.82) is 0 Å². The lowest BCUT2D eigenvalue weighted by Gasteiger charge is -2.14. The van der Waals surface area contributed by atoms with E-state index < -0.39 is 0 Å². The van der Waals surface area contributed by atoms with Crippen molar-refractivity contribution < 1.29 is 9.84 Å². The predicted octanol–water partition coefficient (Wildman–Crippen LogP) is 4.67. The molecule has 112 valence electrons. The van der Waals surface area contributed by atoms with Crippen molar-refractivity contribution in [2.45, 2.75) is 25.8 Å². The molecule has 0 aliphatic rings. The van der Waals surface area contributed by atoms with Crippen LogP contribution in [0, 0.1) is 7.14 Å². The molecule has 0 aromatic heterocycles. The first-order valence-corrected chi connectivity index (χ1v) is 8.85. The van der Waals surface area contributed by atoms with Gasteiger partial charge in [-0.3, -0.25) is 0 Å². The summed E-state index contributed by atoms with van der Waals surface area (Å²) >= 11 is 4.57. The summed E-state index contributed by atoms with van der Waals surface area (Å²) in [7, 11) is 0. The Morgan fingerprint density at radius 2 is 1.71 bits per heavy atom. The fourth-order valence-electron chi connectivity index (χ4n) is 1.91. The molecule has 0 aliphatic carbocycles. The van der Waals surface area contributed by atoms with Gasteiger partial charge < -0.3 is 15.6 Å². The van der Waals surface area contributed by atoms with Crippen LogP contribution in [0.2, 0.25) is 0 Å². The van der Waals surface area contributed by atoms with Crippen molar-refractivity contribution in [2.24, 2.45) is 5.73 Å². The molecule has 1 atom stereocenters. The van der Waals surface area contributed by atoms with Crippen molar-refractivity contribution in [1.82, 2.24) is 0 Å². The molecule has 0 radical (unpaired) electrons. The molecule has 0 heterocycles. The SMILES string of the molecule is CC[C@H](N)Cc1cc(I)c(Oc2ccc(O)cc2)c(I)c1. The van der Waals surface area contributed by atoms with Crippen molar-refractivity contribution in [3.63, 3.8) is 0 Å². The lowest BCUT2D eigenvalue weighted by atomic mass is 10.0. The molecule has 0 saturated heterocycles. The van der Waals surface area contributed by atoms with E-state index >= 15 is 0 Å². The third kappa shape index (κ3) is 4.72. The molecule has 3 N–H and O–H groups in total. The molecule has 2 aromatic carbocycles. The van der Waals surface area contributed by atoms with Gasteiger partial charge in [-0.1, -0.05) is 6.92 Å². The van der Waals surface area contributed by atoms with Gasteiger partial charge in [0.15, 0.2) is 5.75 Å². The van der Waals surface area contributed by atoms with E-state index in [0.717, 1.165) is 25.7 Å². The molecule has 0 aliphatic heterocycles. The average Bonchev–Trinajstić information content (AvgIpc) is 2.44. The Morgan fingerprint density at radius 3 is 2.24 bits per heavy atom. The van der Waals surface area contributed by atoms with Crippen molar-refractivity contribution >= 4 is 45.2 Å². The highest BCUT2D eigenvalue weighted by molar-refractivity contribution is 14.1. The maximum absolute atomic E-state index is 9.31. The van der Waals surface area contributed by atoms with Crippen LogP contribution in [0.3, 0.4) is 0 Å². The molecule has 0 saturated carbocycles. The third-order valence-corrected chi connectivity index (χ3v) is 4.74. The molecule has 3 nitrogen and oxygen atoms in total. The molecule has 0 spiro atoms. The van der Waals surface area contributed by atoms with E-state index in [-0.39, 0.29) is 11.8 Å². The van der Waals surface area contributed by atoms with Gasteiger partial charge >= 0.3 is 0 Å². The minimum absolute atomic E-state index is 0.195. The van der Waals surface area contributed by atoms with E-state index in [2.05, 4.69) is 64.2 Å². The van der Waals surface area contributed by atoms with Crippen LogP contribution in [0.1, 0.15) is 18.9 Å². The van der Waals surface area contributed by atoms with E-state index in [1.165, 1.54) is 5.56 Å². The molecule has 0 unspecified atom stereocenters. The number of hydrogen-bond donors (Lipinski definition) is 2. The van der Waals surface area contributed by atoms with Crippen LogP contribution in [0.15, 0.2) is 36.4 Å². The zero-order valence-corrected chi connectivity index (χ0v) is 16.0. The maximum atomic E-state index is 9.31. The summed E-state index contributed by atoms with van der Waals surface area (Å²) < 4.78 is 8.05. The number of benzene rings is 2. The zero-order valence-electron chi connectivity index (χ0n) is 11.6. The molecule has 2 rings (SSSR count). The summed E-state index contributed by atoms with van der Waals surface area (Å²) in [5, 5.41) is 9.31. The topological polar surface area (TPSA) is 55.5 Å². The van der Waals surface area contributed by atoms with Crippen LogP contribution in [-0.2, 0) is 6.42 Å². The fourth-order valence-corrected chi connectivity index (χ4v) is 4.02. The smallest absolute Gasteiger partial charge is 0.154 e. The molecular weight excluding hydrogens is 492 g/mol. The van der Waals surface area contributed by atoms with Crippen LogP contribution in [0.25, 0.3) is 0 Å². The summed E-state index contributed by atoms with van der Waals surface area (Å²) in [6.07, 6.45) is 1.85. The van der Waals surface area contributed by atoms with Gasteiger partial charge in [0, 0.05) is 6.04 Å². The summed E-state index contributed by atoms with van der Waals surface area (Å²) in [6, 6.07) is 11.2. The minimum atomic E-state index is 0.195. The molecule has 0 fully saturated rings. The number of phenolic OH excluding ortho intramolecular Hbond substituents is 1. The van der Waals surface area contributed by atoms with Gasteiger partial charge in [0.05, 0.1) is 7.14 Å². The average molecular weight is 509 g/mol. The first-order valence-electron chi connectivity index (χ1n) is 6.70. The van der Waals surface area contributed by atoms with Crippen LogP contribution >= 0.6 is 45.2 Å². The van der Waals surface area contributed by atoms with E-state index in [1.54, 1.807) is 24.3 Å². The van der Waals surface area contributed by atoms with E-state index in [1.807, 2.05) is 0 Å². The monoisotopic (exact) mass is 509 g/mol. The predicted molar refractivity (Wildman–Crippen MR) is 102 cm³/mol. The van der Waals surface area contributed by atoms with E-state index in [9.17, 15) is 5.11 Å². The van der Waals surface area contributed by atoms with Gasteiger partial charge in [0.1, 0.15) is 11.5 Å². The Bertz CT molecular complexity index is 591. The normalized spacial score (nSPS) is 12.2. The molecule has 5 heteroatoms. The zero-order chi connectivity index (χ0) is 15.4. The number of halogens is 2. The number of aromatic hydroxyl groups is 1. The van der Waals surface area contributed by atoms with Crippen LogP contribution in [0.5, 0.6) is 17.2 Å². The van der Waals surface area contributed by atoms with Gasteiger partial charge in [-0.15, -0.1) is 0 Å². The number of hydrogen-bond acceptors (Lipinski definition) is 3. The number of ether oxygens (including phenoxy) is 1. The standard InChI is InChI=1S/C16H17I2NO2/c1-2-11(19)7-10-8-14(17)16(15(18)9-10)21-13-5-3-12(20)4-6-13/h3-6,8-9,11,20H,2,7,19H2,1H3/t11-/m0/s1. The van der Waals surface area contributed by atoms with Gasteiger partial charge in [0.25, 0.3) is 0 Å². The Hall–Kier alpha value is -0.540. The van der Waals surface area contributed by atoms with E-state index in [4.69, 9.17) is 10.5 Å². The van der Waals surface area contributed by atoms with Crippen LogP contribution in [0.4, 0.5) is 0 Å².